The van der Waals surface area contributed by atoms with Crippen LogP contribution in [0.1, 0.15) is 30.6 Å². The number of hydrogen-bond donors (Lipinski definition) is 0. The van der Waals surface area contributed by atoms with E-state index in [-0.39, 0.29) is 11.9 Å². The highest BCUT2D eigenvalue weighted by molar-refractivity contribution is 6.69. The average Bonchev–Trinajstić information content (AvgIpc) is 2.14. The molecule has 1 aromatic carbocycles. The van der Waals surface area contributed by atoms with Gasteiger partial charge in [-0.1, -0.05) is 24.3 Å². The number of benzene rings is 1. The molecule has 0 saturated carbocycles. The lowest BCUT2D eigenvalue weighted by Crippen LogP contribution is -2.29. The van der Waals surface area contributed by atoms with Crippen molar-refractivity contribution in [2.75, 3.05) is 0 Å². The van der Waals surface area contributed by atoms with E-state index in [9.17, 15) is 4.79 Å². The van der Waals surface area contributed by atoms with Crippen LogP contribution < -0.4 is 0 Å². The van der Waals surface area contributed by atoms with Gasteiger partial charge in [-0.25, -0.2) is 0 Å². The SMILES string of the molecule is CC(=O)C[C@H](O[Si](C)(C)C)c1ccccc1C. The van der Waals surface area contributed by atoms with Gasteiger partial charge in [-0.05, 0) is 44.6 Å². The average molecular weight is 250 g/mol. The second-order valence-corrected chi connectivity index (χ2v) is 9.94. The molecule has 0 amide bonds. The molecule has 94 valence electrons. The second kappa shape index (κ2) is 5.60. The molecule has 0 aromatic heterocycles. The molecule has 0 spiro atoms. The van der Waals surface area contributed by atoms with E-state index < -0.39 is 8.32 Å². The van der Waals surface area contributed by atoms with Crippen molar-refractivity contribution in [1.29, 1.82) is 0 Å². The fourth-order valence-corrected chi connectivity index (χ4v) is 2.91. The fourth-order valence-electron chi connectivity index (χ4n) is 1.85. The van der Waals surface area contributed by atoms with Gasteiger partial charge in [0, 0.05) is 6.42 Å². The van der Waals surface area contributed by atoms with Crippen molar-refractivity contribution >= 4 is 14.1 Å². The summed E-state index contributed by atoms with van der Waals surface area (Å²) >= 11 is 0. The molecule has 0 fully saturated rings. The van der Waals surface area contributed by atoms with Crippen LogP contribution in [-0.4, -0.2) is 14.1 Å². The van der Waals surface area contributed by atoms with Crippen molar-refractivity contribution in [3.8, 4) is 0 Å². The van der Waals surface area contributed by atoms with Crippen LogP contribution in [0.25, 0.3) is 0 Å². The second-order valence-electron chi connectivity index (χ2n) is 5.48. The minimum atomic E-state index is -1.65. The van der Waals surface area contributed by atoms with E-state index in [1.807, 2.05) is 12.1 Å². The zero-order chi connectivity index (χ0) is 13.1. The number of ketones is 1. The molecule has 0 saturated heterocycles. The van der Waals surface area contributed by atoms with E-state index in [0.717, 1.165) is 5.56 Å². The Morgan fingerprint density at radius 2 is 1.88 bits per heavy atom. The summed E-state index contributed by atoms with van der Waals surface area (Å²) in [6.45, 7) is 10.1. The summed E-state index contributed by atoms with van der Waals surface area (Å²) in [4.78, 5) is 11.4. The van der Waals surface area contributed by atoms with Gasteiger partial charge in [-0.2, -0.15) is 0 Å². The first-order valence-electron chi connectivity index (χ1n) is 6.02. The maximum atomic E-state index is 11.4. The molecular weight excluding hydrogens is 228 g/mol. The van der Waals surface area contributed by atoms with Crippen LogP contribution in [0.5, 0.6) is 0 Å². The van der Waals surface area contributed by atoms with Crippen molar-refractivity contribution in [3.63, 3.8) is 0 Å². The zero-order valence-corrected chi connectivity index (χ0v) is 12.4. The maximum absolute atomic E-state index is 11.4. The largest absolute Gasteiger partial charge is 0.410 e. The van der Waals surface area contributed by atoms with E-state index >= 15 is 0 Å². The van der Waals surface area contributed by atoms with E-state index in [0.29, 0.717) is 6.42 Å². The molecule has 1 rings (SSSR count). The molecule has 0 heterocycles. The summed E-state index contributed by atoms with van der Waals surface area (Å²) in [6.07, 6.45) is 0.384. The summed E-state index contributed by atoms with van der Waals surface area (Å²) < 4.78 is 6.13. The maximum Gasteiger partial charge on any atom is 0.184 e. The molecule has 1 aromatic rings. The number of Topliss-reactive ketones (excluding diaryl/α,β-unsaturated/α-hetero) is 1. The Kier molecular flexibility index (Phi) is 4.66. The highest BCUT2D eigenvalue weighted by atomic mass is 28.4. The first-order chi connectivity index (χ1) is 7.79. The van der Waals surface area contributed by atoms with Crippen molar-refractivity contribution in [1.82, 2.24) is 0 Å². The molecule has 0 aliphatic carbocycles. The third-order valence-electron chi connectivity index (χ3n) is 2.50. The van der Waals surface area contributed by atoms with Gasteiger partial charge < -0.3 is 4.43 Å². The first kappa shape index (κ1) is 14.1. The number of aryl methyl sites for hydroxylation is 1. The van der Waals surface area contributed by atoms with Gasteiger partial charge in [0.2, 0.25) is 0 Å². The summed E-state index contributed by atoms with van der Waals surface area (Å²) in [5, 5.41) is 0. The molecule has 0 N–H and O–H groups in total. The molecule has 0 aliphatic rings. The Bertz CT molecular complexity index is 393. The lowest BCUT2D eigenvalue weighted by molar-refractivity contribution is -0.118. The molecule has 0 aliphatic heterocycles. The van der Waals surface area contributed by atoms with Gasteiger partial charge in [-0.15, -0.1) is 0 Å². The van der Waals surface area contributed by atoms with E-state index in [4.69, 9.17) is 4.43 Å². The smallest absolute Gasteiger partial charge is 0.184 e. The zero-order valence-electron chi connectivity index (χ0n) is 11.4. The number of carbonyl (C=O) groups is 1. The Hall–Kier alpha value is -0.933. The van der Waals surface area contributed by atoms with Crippen LogP contribution in [0.15, 0.2) is 24.3 Å². The lowest BCUT2D eigenvalue weighted by Gasteiger charge is -2.27. The molecule has 3 heteroatoms. The van der Waals surface area contributed by atoms with E-state index in [1.165, 1.54) is 5.56 Å². The normalized spacial score (nSPS) is 13.5. The molecule has 0 radical (unpaired) electrons. The molecule has 1 atom stereocenters. The van der Waals surface area contributed by atoms with Gasteiger partial charge in [0.05, 0.1) is 6.10 Å². The van der Waals surface area contributed by atoms with E-state index in [1.54, 1.807) is 6.92 Å². The quantitative estimate of drug-likeness (QED) is 0.742. The molecule has 2 nitrogen and oxygen atoms in total. The molecular formula is C14H22O2Si. The number of carbonyl (C=O) groups excluding carboxylic acids is 1. The Morgan fingerprint density at radius 3 is 2.35 bits per heavy atom. The third kappa shape index (κ3) is 4.83. The summed E-state index contributed by atoms with van der Waals surface area (Å²) in [7, 11) is -1.65. The Morgan fingerprint density at radius 1 is 1.29 bits per heavy atom. The Balaban J connectivity index is 2.98. The number of rotatable bonds is 5. The molecule has 0 unspecified atom stereocenters. The van der Waals surface area contributed by atoms with Gasteiger partial charge in [0.25, 0.3) is 0 Å². The standard InChI is InChI=1S/C14H22O2Si/c1-11-8-6-7-9-13(11)14(10-12(2)15)16-17(3,4)5/h6-9,14H,10H2,1-5H3/t14-/m0/s1. The number of hydrogen-bond acceptors (Lipinski definition) is 2. The third-order valence-corrected chi connectivity index (χ3v) is 3.50. The topological polar surface area (TPSA) is 26.3 Å². The minimum Gasteiger partial charge on any atom is -0.410 e. The van der Waals surface area contributed by atoms with Crippen LogP contribution in [0.2, 0.25) is 19.6 Å². The van der Waals surface area contributed by atoms with Crippen LogP contribution in [0.4, 0.5) is 0 Å². The first-order valence-corrected chi connectivity index (χ1v) is 9.43. The van der Waals surface area contributed by atoms with Gasteiger partial charge in [-0.3, -0.25) is 4.79 Å². The minimum absolute atomic E-state index is 0.0830. The van der Waals surface area contributed by atoms with Crippen LogP contribution in [0, 0.1) is 6.92 Å². The predicted octanol–water partition coefficient (Wildman–Crippen LogP) is 3.87. The van der Waals surface area contributed by atoms with Crippen molar-refractivity contribution in [3.05, 3.63) is 35.4 Å². The van der Waals surface area contributed by atoms with Crippen LogP contribution in [0.3, 0.4) is 0 Å². The fraction of sp³-hybridized carbons (Fsp3) is 0.500. The van der Waals surface area contributed by atoms with E-state index in [2.05, 4.69) is 38.7 Å². The van der Waals surface area contributed by atoms with Crippen LogP contribution in [-0.2, 0) is 9.22 Å². The van der Waals surface area contributed by atoms with Gasteiger partial charge in [0.15, 0.2) is 8.32 Å². The monoisotopic (exact) mass is 250 g/mol. The molecule has 0 bridgehead atoms. The predicted molar refractivity (Wildman–Crippen MR) is 73.6 cm³/mol. The van der Waals surface area contributed by atoms with Crippen molar-refractivity contribution in [2.24, 2.45) is 0 Å². The highest BCUT2D eigenvalue weighted by Crippen LogP contribution is 2.28. The Labute approximate surface area is 105 Å². The summed E-state index contributed by atoms with van der Waals surface area (Å²) in [6, 6.07) is 8.14. The lowest BCUT2D eigenvalue weighted by atomic mass is 10.0. The highest BCUT2D eigenvalue weighted by Gasteiger charge is 2.24. The van der Waals surface area contributed by atoms with Gasteiger partial charge >= 0.3 is 0 Å². The molecule has 17 heavy (non-hydrogen) atoms. The summed E-state index contributed by atoms with van der Waals surface area (Å²) in [5.41, 5.74) is 2.34. The van der Waals surface area contributed by atoms with Crippen molar-refractivity contribution < 1.29 is 9.22 Å². The van der Waals surface area contributed by atoms with Crippen molar-refractivity contribution in [2.45, 2.75) is 46.0 Å². The summed E-state index contributed by atoms with van der Waals surface area (Å²) in [5.74, 6) is 0.177. The van der Waals surface area contributed by atoms with Crippen LogP contribution >= 0.6 is 0 Å². The van der Waals surface area contributed by atoms with Gasteiger partial charge in [0.1, 0.15) is 5.78 Å².